The normalized spacial score (nSPS) is 12.6. The van der Waals surface area contributed by atoms with E-state index in [1.807, 2.05) is 97.1 Å². The third-order valence-electron chi connectivity index (χ3n) is 8.92. The van der Waals surface area contributed by atoms with Crippen molar-refractivity contribution in [3.8, 4) is 11.1 Å². The SMILES string of the molecule is N/C(=N\C(=C/Cc1cccc2ccccc12)c1ccccc1)c1ccc(-c2ccccc2C(/N=C(\N)c2ccccc2)=N/Cc2ccccc2)cc1. The molecule has 7 aromatic carbocycles. The molecule has 0 saturated carbocycles. The predicted molar refractivity (Wildman–Crippen MR) is 219 cm³/mol. The minimum absolute atomic E-state index is 0.407. The summed E-state index contributed by atoms with van der Waals surface area (Å²) in [5, 5.41) is 2.46. The van der Waals surface area contributed by atoms with Crippen LogP contribution in [0.3, 0.4) is 0 Å². The largest absolute Gasteiger partial charge is 0.383 e. The van der Waals surface area contributed by atoms with Crippen molar-refractivity contribution in [1.29, 1.82) is 0 Å². The summed E-state index contributed by atoms with van der Waals surface area (Å²) in [4.78, 5) is 14.8. The van der Waals surface area contributed by atoms with Crippen LogP contribution in [0, 0.1) is 0 Å². The van der Waals surface area contributed by atoms with Gasteiger partial charge in [-0.25, -0.2) is 9.98 Å². The first-order valence-corrected chi connectivity index (χ1v) is 17.4. The summed E-state index contributed by atoms with van der Waals surface area (Å²) in [5.41, 5.74) is 22.0. The number of nitrogens with zero attached hydrogens (tertiary/aromatic N) is 3. The Bertz CT molecular complexity index is 2390. The summed E-state index contributed by atoms with van der Waals surface area (Å²) in [5.74, 6) is 1.41. The summed E-state index contributed by atoms with van der Waals surface area (Å²) in [6.45, 7) is 0.472. The van der Waals surface area contributed by atoms with Gasteiger partial charge in [0.2, 0.25) is 0 Å². The lowest BCUT2D eigenvalue weighted by Gasteiger charge is -2.12. The van der Waals surface area contributed by atoms with Gasteiger partial charge in [0.25, 0.3) is 0 Å². The Morgan fingerprint density at radius 2 is 1.08 bits per heavy atom. The Balaban J connectivity index is 1.21. The van der Waals surface area contributed by atoms with Gasteiger partial charge in [0, 0.05) is 16.7 Å². The summed E-state index contributed by atoms with van der Waals surface area (Å²) < 4.78 is 0. The van der Waals surface area contributed by atoms with E-state index in [1.165, 1.54) is 16.3 Å². The molecule has 0 unspecified atom stereocenters. The molecule has 5 heteroatoms. The molecule has 0 atom stereocenters. The molecule has 0 saturated heterocycles. The van der Waals surface area contributed by atoms with Gasteiger partial charge in [-0.2, -0.15) is 0 Å². The number of nitrogens with two attached hydrogens (primary N) is 2. The average molecular weight is 674 g/mol. The second-order valence-electron chi connectivity index (χ2n) is 12.4. The maximum atomic E-state index is 6.72. The molecule has 0 radical (unpaired) electrons. The second-order valence-corrected chi connectivity index (χ2v) is 12.4. The minimum atomic E-state index is 0.407. The highest BCUT2D eigenvalue weighted by atomic mass is 15.0. The Morgan fingerprint density at radius 1 is 0.500 bits per heavy atom. The monoisotopic (exact) mass is 673 g/mol. The molecule has 0 aromatic heterocycles. The molecule has 252 valence electrons. The molecule has 0 heterocycles. The third-order valence-corrected chi connectivity index (χ3v) is 8.92. The molecule has 5 nitrogen and oxygen atoms in total. The maximum absolute atomic E-state index is 6.72. The number of rotatable bonds is 10. The Hall–Kier alpha value is -6.85. The van der Waals surface area contributed by atoms with Gasteiger partial charge in [-0.15, -0.1) is 0 Å². The number of aliphatic imine (C=N–C) groups is 3. The van der Waals surface area contributed by atoms with E-state index < -0.39 is 0 Å². The second kappa shape index (κ2) is 16.2. The Kier molecular flexibility index (Phi) is 10.5. The molecule has 0 amide bonds. The fraction of sp³-hybridized carbons (Fsp3) is 0.0426. The zero-order valence-corrected chi connectivity index (χ0v) is 28.8. The zero-order chi connectivity index (χ0) is 35.5. The van der Waals surface area contributed by atoms with Crippen molar-refractivity contribution in [3.63, 3.8) is 0 Å². The summed E-state index contributed by atoms with van der Waals surface area (Å²) in [6.07, 6.45) is 2.88. The molecule has 0 bridgehead atoms. The smallest absolute Gasteiger partial charge is 0.157 e. The number of hydrogen-bond acceptors (Lipinski definition) is 2. The van der Waals surface area contributed by atoms with Crippen LogP contribution in [0.4, 0.5) is 0 Å². The van der Waals surface area contributed by atoms with Crippen LogP contribution >= 0.6 is 0 Å². The van der Waals surface area contributed by atoms with Crippen molar-refractivity contribution in [2.75, 3.05) is 0 Å². The van der Waals surface area contributed by atoms with Gasteiger partial charge >= 0.3 is 0 Å². The van der Waals surface area contributed by atoms with E-state index in [4.69, 9.17) is 26.4 Å². The standard InChI is InChI=1S/C47H39N5/c48-45(51-44(38-18-6-2-7-19-38)32-31-36-23-14-22-35-17-10-11-24-41(35)36)40-29-27-37(28-30-40)42-25-12-13-26-43(42)47(50-33-34-15-4-1-5-16-34)52-46(49)39-20-8-3-9-21-39/h1-30,32H,31,33H2,(H2,48,51)(H2,49,50,52)/b44-32-. The third kappa shape index (κ3) is 8.12. The fourth-order valence-electron chi connectivity index (χ4n) is 6.18. The Morgan fingerprint density at radius 3 is 1.83 bits per heavy atom. The molecule has 0 aliphatic carbocycles. The first-order valence-electron chi connectivity index (χ1n) is 17.4. The van der Waals surface area contributed by atoms with Gasteiger partial charge in [0.15, 0.2) is 5.84 Å². The van der Waals surface area contributed by atoms with E-state index in [2.05, 4.69) is 91.0 Å². The van der Waals surface area contributed by atoms with Crippen molar-refractivity contribution in [3.05, 3.63) is 221 Å². The van der Waals surface area contributed by atoms with Crippen LogP contribution in [0.1, 0.15) is 33.4 Å². The topological polar surface area (TPSA) is 89.1 Å². The van der Waals surface area contributed by atoms with Crippen molar-refractivity contribution < 1.29 is 0 Å². The van der Waals surface area contributed by atoms with Gasteiger partial charge in [0.05, 0.1) is 12.2 Å². The van der Waals surface area contributed by atoms with Crippen LogP contribution < -0.4 is 11.5 Å². The van der Waals surface area contributed by atoms with Gasteiger partial charge in [-0.3, -0.25) is 4.99 Å². The van der Waals surface area contributed by atoms with Crippen LogP contribution in [0.2, 0.25) is 0 Å². The van der Waals surface area contributed by atoms with E-state index in [0.717, 1.165) is 51.1 Å². The van der Waals surface area contributed by atoms with Crippen LogP contribution in [-0.2, 0) is 13.0 Å². The molecule has 0 aliphatic heterocycles. The molecule has 0 aliphatic rings. The highest BCUT2D eigenvalue weighted by molar-refractivity contribution is 6.13. The number of hydrogen-bond donors (Lipinski definition) is 2. The van der Waals surface area contributed by atoms with Gasteiger partial charge in [-0.05, 0) is 45.0 Å². The van der Waals surface area contributed by atoms with E-state index in [0.29, 0.717) is 24.1 Å². The molecule has 0 spiro atoms. The number of fused-ring (bicyclic) bond motifs is 1. The number of amidine groups is 3. The molecule has 52 heavy (non-hydrogen) atoms. The first-order chi connectivity index (χ1) is 25.6. The highest BCUT2D eigenvalue weighted by Gasteiger charge is 2.13. The summed E-state index contributed by atoms with van der Waals surface area (Å²) >= 11 is 0. The predicted octanol–water partition coefficient (Wildman–Crippen LogP) is 9.85. The average Bonchev–Trinajstić information content (AvgIpc) is 3.22. The van der Waals surface area contributed by atoms with E-state index >= 15 is 0 Å². The van der Waals surface area contributed by atoms with Crippen molar-refractivity contribution in [2.45, 2.75) is 13.0 Å². The maximum Gasteiger partial charge on any atom is 0.157 e. The van der Waals surface area contributed by atoms with Gasteiger partial charge in [0.1, 0.15) is 11.7 Å². The van der Waals surface area contributed by atoms with Gasteiger partial charge < -0.3 is 11.5 Å². The van der Waals surface area contributed by atoms with E-state index in [1.54, 1.807) is 0 Å². The molecular weight excluding hydrogens is 635 g/mol. The fourth-order valence-corrected chi connectivity index (χ4v) is 6.18. The summed E-state index contributed by atoms with van der Waals surface area (Å²) in [7, 11) is 0. The van der Waals surface area contributed by atoms with Crippen LogP contribution in [0.5, 0.6) is 0 Å². The molecule has 0 fully saturated rings. The lowest BCUT2D eigenvalue weighted by molar-refractivity contribution is 1.06. The quantitative estimate of drug-likeness (QED) is 0.112. The number of benzene rings is 7. The van der Waals surface area contributed by atoms with Crippen LogP contribution in [0.15, 0.2) is 203 Å². The molecule has 7 aromatic rings. The minimum Gasteiger partial charge on any atom is -0.383 e. The van der Waals surface area contributed by atoms with Crippen molar-refractivity contribution >= 4 is 34.0 Å². The Labute approximate surface area is 305 Å². The molecule has 7 rings (SSSR count). The molecule has 4 N–H and O–H groups in total. The number of allylic oxidation sites excluding steroid dienone is 1. The lowest BCUT2D eigenvalue weighted by atomic mass is 9.97. The van der Waals surface area contributed by atoms with Crippen LogP contribution in [-0.4, -0.2) is 17.5 Å². The van der Waals surface area contributed by atoms with Crippen molar-refractivity contribution in [1.82, 2.24) is 0 Å². The van der Waals surface area contributed by atoms with Crippen molar-refractivity contribution in [2.24, 2.45) is 26.4 Å². The first kappa shape index (κ1) is 33.6. The van der Waals surface area contributed by atoms with Gasteiger partial charge in [-0.1, -0.05) is 188 Å². The van der Waals surface area contributed by atoms with Crippen LogP contribution in [0.25, 0.3) is 27.6 Å². The highest BCUT2D eigenvalue weighted by Crippen LogP contribution is 2.27. The van der Waals surface area contributed by atoms with E-state index in [-0.39, 0.29) is 0 Å². The molecular formula is C47H39N5. The van der Waals surface area contributed by atoms with E-state index in [9.17, 15) is 0 Å². The summed E-state index contributed by atoms with van der Waals surface area (Å²) in [6, 6.07) is 61.3. The zero-order valence-electron chi connectivity index (χ0n) is 28.8. The lowest BCUT2D eigenvalue weighted by Crippen LogP contribution is -2.16.